The summed E-state index contributed by atoms with van der Waals surface area (Å²) < 4.78 is 5.00. The average Bonchev–Trinajstić information content (AvgIpc) is 2.37. The van der Waals surface area contributed by atoms with Crippen LogP contribution in [0.1, 0.15) is 33.6 Å². The Bertz CT molecular complexity index is 302. The summed E-state index contributed by atoms with van der Waals surface area (Å²) in [5, 5.41) is 0. The Kier molecular flexibility index (Phi) is 8.02. The van der Waals surface area contributed by atoms with Gasteiger partial charge in [-0.1, -0.05) is 13.8 Å². The Morgan fingerprint density at radius 3 is 2.26 bits per heavy atom. The molecular weight excluding hydrogens is 268 g/mol. The first-order valence-corrected chi connectivity index (χ1v) is 6.68. The van der Waals surface area contributed by atoms with Gasteiger partial charge >= 0.3 is 5.97 Å². The molecule has 112 valence electrons. The van der Waals surface area contributed by atoms with Crippen LogP contribution in [0.2, 0.25) is 0 Å². The normalized spacial score (nSPS) is 17.8. The van der Waals surface area contributed by atoms with E-state index >= 15 is 0 Å². The van der Waals surface area contributed by atoms with Crippen LogP contribution in [-0.4, -0.2) is 42.5 Å². The molecule has 1 aliphatic heterocycles. The Morgan fingerprint density at radius 1 is 1.32 bits per heavy atom. The first-order valence-electron chi connectivity index (χ1n) is 6.68. The number of esters is 1. The predicted molar refractivity (Wildman–Crippen MR) is 76.0 cm³/mol. The van der Waals surface area contributed by atoms with Gasteiger partial charge in [-0.15, -0.1) is 12.4 Å². The van der Waals surface area contributed by atoms with Gasteiger partial charge in [0.1, 0.15) is 0 Å². The van der Waals surface area contributed by atoms with E-state index in [0.29, 0.717) is 32.5 Å². The van der Waals surface area contributed by atoms with Crippen LogP contribution in [0.3, 0.4) is 0 Å². The highest BCUT2D eigenvalue weighted by molar-refractivity contribution is 5.85. The third-order valence-electron chi connectivity index (χ3n) is 3.43. The summed E-state index contributed by atoms with van der Waals surface area (Å²) in [4.78, 5) is 25.4. The Morgan fingerprint density at radius 2 is 1.84 bits per heavy atom. The summed E-state index contributed by atoms with van der Waals surface area (Å²) in [5.74, 6) is -0.0744. The molecule has 5 nitrogen and oxygen atoms in total. The molecule has 0 aromatic rings. The van der Waals surface area contributed by atoms with Crippen molar-refractivity contribution in [2.75, 3.05) is 19.7 Å². The third-order valence-corrected chi connectivity index (χ3v) is 3.43. The molecule has 1 amide bonds. The fourth-order valence-electron chi connectivity index (χ4n) is 2.09. The van der Waals surface area contributed by atoms with Crippen molar-refractivity contribution in [3.63, 3.8) is 0 Å². The second-order valence-corrected chi connectivity index (χ2v) is 5.12. The van der Waals surface area contributed by atoms with E-state index in [1.165, 1.54) is 0 Å². The van der Waals surface area contributed by atoms with Crippen molar-refractivity contribution in [1.82, 2.24) is 4.90 Å². The molecule has 2 N–H and O–H groups in total. The molecule has 19 heavy (non-hydrogen) atoms. The molecule has 0 aromatic carbocycles. The molecule has 1 rings (SSSR count). The molecule has 0 bridgehead atoms. The van der Waals surface area contributed by atoms with Crippen LogP contribution in [-0.2, 0) is 14.3 Å². The van der Waals surface area contributed by atoms with E-state index in [2.05, 4.69) is 0 Å². The van der Waals surface area contributed by atoms with Gasteiger partial charge in [-0.25, -0.2) is 0 Å². The van der Waals surface area contributed by atoms with Crippen molar-refractivity contribution in [1.29, 1.82) is 0 Å². The number of nitrogens with two attached hydrogens (primary N) is 1. The van der Waals surface area contributed by atoms with Crippen LogP contribution in [0.5, 0.6) is 0 Å². The zero-order valence-electron chi connectivity index (χ0n) is 11.9. The van der Waals surface area contributed by atoms with E-state index < -0.39 is 6.04 Å². The van der Waals surface area contributed by atoms with Gasteiger partial charge in [0.25, 0.3) is 0 Å². The highest BCUT2D eigenvalue weighted by Crippen LogP contribution is 2.19. The molecule has 0 aliphatic carbocycles. The molecule has 1 fully saturated rings. The molecule has 0 unspecified atom stereocenters. The van der Waals surface area contributed by atoms with Gasteiger partial charge in [-0.05, 0) is 25.7 Å². The number of piperidine rings is 1. The number of hydrogen-bond donors (Lipinski definition) is 1. The number of rotatable bonds is 4. The maximum absolute atomic E-state index is 12.0. The minimum atomic E-state index is -0.441. The van der Waals surface area contributed by atoms with E-state index in [4.69, 9.17) is 10.5 Å². The van der Waals surface area contributed by atoms with Crippen LogP contribution in [0.25, 0.3) is 0 Å². The largest absolute Gasteiger partial charge is 0.466 e. The number of nitrogens with zero attached hydrogens (tertiary/aromatic N) is 1. The molecule has 0 aromatic heterocycles. The van der Waals surface area contributed by atoms with Crippen LogP contribution < -0.4 is 5.73 Å². The minimum Gasteiger partial charge on any atom is -0.466 e. The maximum Gasteiger partial charge on any atom is 0.309 e. The van der Waals surface area contributed by atoms with E-state index in [1.807, 2.05) is 13.8 Å². The van der Waals surface area contributed by atoms with E-state index in [0.717, 1.165) is 0 Å². The predicted octanol–water partition coefficient (Wildman–Crippen LogP) is 1.19. The summed E-state index contributed by atoms with van der Waals surface area (Å²) in [7, 11) is 0. The quantitative estimate of drug-likeness (QED) is 0.790. The number of likely N-dealkylation sites (tertiary alicyclic amines) is 1. The summed E-state index contributed by atoms with van der Waals surface area (Å²) in [6.07, 6.45) is 1.35. The average molecular weight is 293 g/mol. The lowest BCUT2D eigenvalue weighted by molar-refractivity contribution is -0.151. The second-order valence-electron chi connectivity index (χ2n) is 5.12. The van der Waals surface area contributed by atoms with E-state index in [-0.39, 0.29) is 36.1 Å². The van der Waals surface area contributed by atoms with Gasteiger partial charge < -0.3 is 15.4 Å². The number of hydrogen-bond acceptors (Lipinski definition) is 4. The number of carbonyl (C=O) groups is 2. The monoisotopic (exact) mass is 292 g/mol. The number of halogens is 1. The summed E-state index contributed by atoms with van der Waals surface area (Å²) >= 11 is 0. The van der Waals surface area contributed by atoms with Gasteiger partial charge in [0.2, 0.25) is 5.91 Å². The molecule has 0 radical (unpaired) electrons. The molecular formula is C13H25ClN2O3. The highest BCUT2D eigenvalue weighted by atomic mass is 35.5. The molecule has 1 atom stereocenters. The van der Waals surface area contributed by atoms with Crippen LogP contribution in [0.4, 0.5) is 0 Å². The lowest BCUT2D eigenvalue weighted by Gasteiger charge is -2.33. The molecule has 1 saturated heterocycles. The SMILES string of the molecule is CCOC(=O)C1CCN(C(=O)[C@@H](N)C(C)C)CC1.Cl. The topological polar surface area (TPSA) is 72.6 Å². The summed E-state index contributed by atoms with van der Waals surface area (Å²) in [6.45, 7) is 7.29. The lowest BCUT2D eigenvalue weighted by atomic mass is 9.95. The molecule has 1 aliphatic rings. The fraction of sp³-hybridized carbons (Fsp3) is 0.846. The first-order chi connectivity index (χ1) is 8.47. The van der Waals surface area contributed by atoms with Crippen molar-refractivity contribution in [2.45, 2.75) is 39.7 Å². The van der Waals surface area contributed by atoms with Gasteiger partial charge in [0.05, 0.1) is 18.6 Å². The van der Waals surface area contributed by atoms with Crippen LogP contribution in [0.15, 0.2) is 0 Å². The van der Waals surface area contributed by atoms with Gasteiger partial charge in [-0.2, -0.15) is 0 Å². The smallest absolute Gasteiger partial charge is 0.309 e. The van der Waals surface area contributed by atoms with E-state index in [1.54, 1.807) is 11.8 Å². The standard InChI is InChI=1S/C13H24N2O3.ClH/c1-4-18-13(17)10-5-7-15(8-6-10)12(16)11(14)9(2)3;/h9-11H,4-8,14H2,1-3H3;1H/t11-;/m0./s1. The van der Waals surface area contributed by atoms with E-state index in [9.17, 15) is 9.59 Å². The molecule has 0 spiro atoms. The second kappa shape index (κ2) is 8.38. The third kappa shape index (κ3) is 4.99. The molecule has 0 saturated carbocycles. The van der Waals surface area contributed by atoms with Crippen LogP contribution >= 0.6 is 12.4 Å². The van der Waals surface area contributed by atoms with Crippen molar-refractivity contribution < 1.29 is 14.3 Å². The number of amides is 1. The number of carbonyl (C=O) groups excluding carboxylic acids is 2. The summed E-state index contributed by atoms with van der Waals surface area (Å²) in [5.41, 5.74) is 5.85. The Balaban J connectivity index is 0.00000324. The van der Waals surface area contributed by atoms with Crippen molar-refractivity contribution in [3.05, 3.63) is 0 Å². The Hall–Kier alpha value is -0.810. The van der Waals surface area contributed by atoms with Crippen LogP contribution in [0, 0.1) is 11.8 Å². The first kappa shape index (κ1) is 18.2. The van der Waals surface area contributed by atoms with Gasteiger partial charge in [0.15, 0.2) is 0 Å². The molecule has 1 heterocycles. The maximum atomic E-state index is 12.0. The summed E-state index contributed by atoms with van der Waals surface area (Å²) in [6, 6.07) is -0.441. The zero-order valence-corrected chi connectivity index (χ0v) is 12.7. The zero-order chi connectivity index (χ0) is 13.7. The highest BCUT2D eigenvalue weighted by Gasteiger charge is 2.30. The number of ether oxygens (including phenoxy) is 1. The minimum absolute atomic E-state index is 0. The molecule has 6 heteroatoms. The lowest BCUT2D eigenvalue weighted by Crippen LogP contribution is -2.49. The fourth-order valence-corrected chi connectivity index (χ4v) is 2.09. The van der Waals surface area contributed by atoms with Crippen molar-refractivity contribution in [3.8, 4) is 0 Å². The van der Waals surface area contributed by atoms with Gasteiger partial charge in [0, 0.05) is 13.1 Å². The Labute approximate surface area is 121 Å². The van der Waals surface area contributed by atoms with Gasteiger partial charge in [-0.3, -0.25) is 9.59 Å². The van der Waals surface area contributed by atoms with Crippen molar-refractivity contribution in [2.24, 2.45) is 17.6 Å². The van der Waals surface area contributed by atoms with Crippen molar-refractivity contribution >= 4 is 24.3 Å².